The van der Waals surface area contributed by atoms with Crippen LogP contribution in [0.5, 0.6) is 17.2 Å². The number of ether oxygens (including phenoxy) is 3. The van der Waals surface area contributed by atoms with Crippen LogP contribution >= 0.6 is 47.8 Å². The Labute approximate surface area is 246 Å². The van der Waals surface area contributed by atoms with E-state index in [4.69, 9.17) is 14.2 Å². The molecule has 0 bridgehead atoms. The van der Waals surface area contributed by atoms with Gasteiger partial charge in [0.2, 0.25) is 0 Å². The Bertz CT molecular complexity index is 1430. The molecule has 4 aromatic carbocycles. The van der Waals surface area contributed by atoms with Crippen molar-refractivity contribution in [1.29, 1.82) is 0 Å². The number of hydrogen-bond donors (Lipinski definition) is 1. The molecule has 6 nitrogen and oxygen atoms in total. The van der Waals surface area contributed by atoms with Crippen LogP contribution in [0.2, 0.25) is 0 Å². The molecule has 0 aromatic heterocycles. The zero-order valence-electron chi connectivity index (χ0n) is 20.3. The summed E-state index contributed by atoms with van der Waals surface area (Å²) in [6.45, 7) is 0.765. The van der Waals surface area contributed by atoms with Crippen LogP contribution in [-0.2, 0) is 13.2 Å². The summed E-state index contributed by atoms with van der Waals surface area (Å²) in [5.41, 5.74) is 5.68. The van der Waals surface area contributed by atoms with Gasteiger partial charge in [-0.05, 0) is 69.5 Å². The van der Waals surface area contributed by atoms with Gasteiger partial charge in [-0.3, -0.25) is 4.79 Å². The van der Waals surface area contributed by atoms with Crippen LogP contribution in [-0.4, -0.2) is 19.2 Å². The highest BCUT2D eigenvalue weighted by Crippen LogP contribution is 2.33. The van der Waals surface area contributed by atoms with Gasteiger partial charge in [0.25, 0.3) is 5.91 Å². The maximum absolute atomic E-state index is 12.8. The zero-order valence-corrected chi connectivity index (χ0v) is 25.0. The number of hydrazone groups is 1. The maximum Gasteiger partial charge on any atom is 0.271 e. The molecule has 0 spiro atoms. The second-order valence-electron chi connectivity index (χ2n) is 8.06. The quantitative estimate of drug-likeness (QED) is 0.135. The van der Waals surface area contributed by atoms with E-state index >= 15 is 0 Å². The first kappa shape index (κ1) is 27.9. The summed E-state index contributed by atoms with van der Waals surface area (Å²) in [7, 11) is 1.53. The predicted molar refractivity (Wildman–Crippen MR) is 159 cm³/mol. The van der Waals surface area contributed by atoms with Crippen molar-refractivity contribution in [2.45, 2.75) is 13.2 Å². The molecule has 0 aliphatic heterocycles. The lowest BCUT2D eigenvalue weighted by Crippen LogP contribution is -2.17. The number of carbonyl (C=O) groups is 1. The summed E-state index contributed by atoms with van der Waals surface area (Å²) < 4.78 is 20.0. The van der Waals surface area contributed by atoms with Gasteiger partial charge >= 0.3 is 0 Å². The van der Waals surface area contributed by atoms with Crippen LogP contribution in [0.3, 0.4) is 0 Å². The van der Waals surface area contributed by atoms with Crippen molar-refractivity contribution in [3.63, 3.8) is 0 Å². The van der Waals surface area contributed by atoms with Crippen LogP contribution in [0.15, 0.2) is 103 Å². The molecule has 0 fully saturated rings. The van der Waals surface area contributed by atoms with Crippen molar-refractivity contribution < 1.29 is 19.0 Å². The molecule has 0 saturated heterocycles. The lowest BCUT2D eigenvalue weighted by atomic mass is 10.2. The highest BCUT2D eigenvalue weighted by atomic mass is 79.9. The highest BCUT2D eigenvalue weighted by Gasteiger charge is 2.13. The Morgan fingerprint density at radius 2 is 1.53 bits per heavy atom. The van der Waals surface area contributed by atoms with Gasteiger partial charge < -0.3 is 14.2 Å². The first-order valence-corrected chi connectivity index (χ1v) is 13.9. The Morgan fingerprint density at radius 1 is 0.816 bits per heavy atom. The largest absolute Gasteiger partial charge is 0.493 e. The maximum atomic E-state index is 12.8. The van der Waals surface area contributed by atoms with Crippen molar-refractivity contribution in [2.24, 2.45) is 5.10 Å². The second-order valence-corrected chi connectivity index (χ2v) is 10.7. The minimum atomic E-state index is -0.388. The van der Waals surface area contributed by atoms with Crippen LogP contribution in [0.4, 0.5) is 0 Å². The Hall–Kier alpha value is -3.14. The molecule has 9 heteroatoms. The highest BCUT2D eigenvalue weighted by molar-refractivity contribution is 9.11. The lowest BCUT2D eigenvalue weighted by molar-refractivity contribution is 0.0954. The van der Waals surface area contributed by atoms with E-state index in [0.29, 0.717) is 41.6 Å². The van der Waals surface area contributed by atoms with Gasteiger partial charge in [-0.25, -0.2) is 5.43 Å². The molecule has 0 aliphatic carbocycles. The van der Waals surface area contributed by atoms with Gasteiger partial charge in [0.1, 0.15) is 19.0 Å². The second kappa shape index (κ2) is 13.6. The van der Waals surface area contributed by atoms with Crippen LogP contribution in [0.1, 0.15) is 27.0 Å². The molecule has 0 saturated carbocycles. The number of rotatable bonds is 10. The third-order valence-corrected chi connectivity index (χ3v) is 6.94. The van der Waals surface area contributed by atoms with Gasteiger partial charge in [0, 0.05) is 20.1 Å². The average Bonchev–Trinajstić information content (AvgIpc) is 2.92. The molecule has 0 heterocycles. The van der Waals surface area contributed by atoms with Crippen molar-refractivity contribution in [1.82, 2.24) is 5.43 Å². The summed E-state index contributed by atoms with van der Waals surface area (Å²) >= 11 is 10.5. The van der Waals surface area contributed by atoms with Gasteiger partial charge in [-0.15, -0.1) is 0 Å². The van der Waals surface area contributed by atoms with E-state index in [-0.39, 0.29) is 5.91 Å². The number of benzene rings is 4. The summed E-state index contributed by atoms with van der Waals surface area (Å²) in [5, 5.41) is 4.16. The molecule has 0 radical (unpaired) electrons. The zero-order chi connectivity index (χ0) is 26.9. The van der Waals surface area contributed by atoms with E-state index in [1.807, 2.05) is 66.7 Å². The van der Waals surface area contributed by atoms with E-state index in [2.05, 4.69) is 58.3 Å². The third kappa shape index (κ3) is 7.69. The predicted octanol–water partition coefficient (Wildman–Crippen LogP) is 7.90. The normalized spacial score (nSPS) is 10.8. The van der Waals surface area contributed by atoms with Crippen molar-refractivity contribution >= 4 is 59.9 Å². The summed E-state index contributed by atoms with van der Waals surface area (Å²) in [5.74, 6) is 1.22. The molecule has 1 amide bonds. The van der Waals surface area contributed by atoms with Crippen molar-refractivity contribution in [3.05, 3.63) is 121 Å². The van der Waals surface area contributed by atoms with Gasteiger partial charge in [-0.1, -0.05) is 74.3 Å². The van der Waals surface area contributed by atoms with Crippen LogP contribution in [0.25, 0.3) is 0 Å². The number of nitrogens with one attached hydrogen (secondary N) is 1. The minimum Gasteiger partial charge on any atom is -0.493 e. The molecule has 38 heavy (non-hydrogen) atoms. The summed E-state index contributed by atoms with van der Waals surface area (Å²) in [4.78, 5) is 12.8. The SMILES string of the molecule is COc1cc(C(=O)N/N=C/c2cc(Br)cc(Br)c2OCc2ccc(Br)cc2)ccc1OCc1ccccc1. The lowest BCUT2D eigenvalue weighted by Gasteiger charge is -2.13. The van der Waals surface area contributed by atoms with Gasteiger partial charge in [0.05, 0.1) is 17.8 Å². The fourth-order valence-corrected chi connectivity index (χ4v) is 5.09. The van der Waals surface area contributed by atoms with Crippen molar-refractivity contribution in [2.75, 3.05) is 7.11 Å². The number of hydrogen-bond acceptors (Lipinski definition) is 5. The molecule has 0 unspecified atom stereocenters. The molecular formula is C29H23Br3N2O4. The smallest absolute Gasteiger partial charge is 0.271 e. The number of methoxy groups -OCH3 is 1. The monoisotopic (exact) mass is 700 g/mol. The van der Waals surface area contributed by atoms with Gasteiger partial charge in [0.15, 0.2) is 11.5 Å². The molecule has 0 aliphatic rings. The number of carbonyl (C=O) groups excluding carboxylic acids is 1. The molecule has 194 valence electrons. The number of nitrogens with zero attached hydrogens (tertiary/aromatic N) is 1. The first-order valence-electron chi connectivity index (χ1n) is 11.5. The Balaban J connectivity index is 1.43. The minimum absolute atomic E-state index is 0.374. The molecule has 4 aromatic rings. The fourth-order valence-electron chi connectivity index (χ4n) is 3.45. The standard InChI is InChI=1S/C29H23Br3N2O4/c1-36-27-14-21(9-12-26(27)37-17-19-5-3-2-4-6-19)29(35)34-33-16-22-13-24(31)15-25(32)28(22)38-18-20-7-10-23(30)11-8-20/h2-16H,17-18H2,1H3,(H,34,35)/b33-16+. The van der Waals surface area contributed by atoms with Crippen LogP contribution in [0, 0.1) is 0 Å². The first-order chi connectivity index (χ1) is 18.4. The van der Waals surface area contributed by atoms with Crippen LogP contribution < -0.4 is 19.6 Å². The number of halogens is 3. The average molecular weight is 703 g/mol. The summed E-state index contributed by atoms with van der Waals surface area (Å²) in [6, 6.07) is 26.4. The van der Waals surface area contributed by atoms with E-state index in [0.717, 1.165) is 24.5 Å². The van der Waals surface area contributed by atoms with Gasteiger partial charge in [-0.2, -0.15) is 5.10 Å². The van der Waals surface area contributed by atoms with E-state index in [1.54, 1.807) is 24.4 Å². The van der Waals surface area contributed by atoms with Crippen molar-refractivity contribution in [3.8, 4) is 17.2 Å². The van der Waals surface area contributed by atoms with E-state index in [1.165, 1.54) is 7.11 Å². The summed E-state index contributed by atoms with van der Waals surface area (Å²) in [6.07, 6.45) is 1.54. The Kier molecular flexibility index (Phi) is 9.98. The van der Waals surface area contributed by atoms with E-state index < -0.39 is 0 Å². The molecule has 0 atom stereocenters. The number of amides is 1. The molecule has 1 N–H and O–H groups in total. The third-order valence-electron chi connectivity index (χ3n) is 5.37. The topological polar surface area (TPSA) is 69.2 Å². The molecular weight excluding hydrogens is 680 g/mol. The van der Waals surface area contributed by atoms with E-state index in [9.17, 15) is 4.79 Å². The molecule has 4 rings (SSSR count). The Morgan fingerprint density at radius 3 is 2.26 bits per heavy atom. The fraction of sp³-hybridized carbons (Fsp3) is 0.103.